The van der Waals surface area contributed by atoms with Crippen LogP contribution in [0.5, 0.6) is 0 Å². The van der Waals surface area contributed by atoms with Crippen LogP contribution < -0.4 is 10.1 Å². The smallest absolute Gasteiger partial charge is 0.230 e. The molecule has 1 aromatic rings. The maximum absolute atomic E-state index is 10.8. The first kappa shape index (κ1) is 23.3. The maximum Gasteiger partial charge on any atom is 0.230 e. The van der Waals surface area contributed by atoms with E-state index in [2.05, 4.69) is 11.6 Å². The minimum absolute atomic E-state index is 0.185. The predicted octanol–water partition coefficient (Wildman–Crippen LogP) is 2.77. The lowest BCUT2D eigenvalue weighted by Gasteiger charge is -2.22. The van der Waals surface area contributed by atoms with Crippen LogP contribution in [0.3, 0.4) is 0 Å². The third kappa shape index (κ3) is 6.09. The first-order valence-electron chi connectivity index (χ1n) is 10.6. The molecule has 1 aromatic heterocycles. The number of nitrogens with one attached hydrogen (secondary N) is 3. The minimum Gasteiger partial charge on any atom is -0.760 e. The molecule has 2 heterocycles. The van der Waals surface area contributed by atoms with Crippen molar-refractivity contribution < 1.29 is 18.2 Å². The van der Waals surface area contributed by atoms with Crippen molar-refractivity contribution in [3.8, 4) is 0 Å². The second-order valence-corrected chi connectivity index (χ2v) is 8.49. The van der Waals surface area contributed by atoms with E-state index >= 15 is 0 Å². The van der Waals surface area contributed by atoms with E-state index in [1.807, 2.05) is 19.1 Å². The van der Waals surface area contributed by atoms with Gasteiger partial charge in [-0.05, 0) is 49.0 Å². The number of hydrogen-bond acceptors (Lipinski definition) is 7. The molecule has 0 bridgehead atoms. The normalized spacial score (nSPS) is 18.7. The summed E-state index contributed by atoms with van der Waals surface area (Å²) in [5, 5.41) is 17.0. The molecule has 3 N–H and O–H groups in total. The van der Waals surface area contributed by atoms with Gasteiger partial charge in [-0.1, -0.05) is 25.8 Å². The average molecular weight is 446 g/mol. The third-order valence-electron chi connectivity index (χ3n) is 5.48. The molecule has 0 aromatic carbocycles. The molecule has 0 fully saturated rings. The van der Waals surface area contributed by atoms with E-state index in [-0.39, 0.29) is 18.7 Å². The van der Waals surface area contributed by atoms with E-state index in [1.165, 1.54) is 5.57 Å². The van der Waals surface area contributed by atoms with Gasteiger partial charge >= 0.3 is 0 Å². The lowest BCUT2D eigenvalue weighted by molar-refractivity contribution is 0.0717. The van der Waals surface area contributed by atoms with Crippen LogP contribution in [-0.4, -0.2) is 32.8 Å². The Balaban J connectivity index is 1.97. The van der Waals surface area contributed by atoms with Crippen LogP contribution in [0.4, 0.5) is 0 Å². The fourth-order valence-corrected chi connectivity index (χ4v) is 4.18. The van der Waals surface area contributed by atoms with Gasteiger partial charge < -0.3 is 19.4 Å². The molecule has 8 nitrogen and oxygen atoms in total. The molecule has 0 saturated carbocycles. The molecule has 2 atom stereocenters. The van der Waals surface area contributed by atoms with E-state index in [1.54, 1.807) is 6.07 Å². The van der Waals surface area contributed by atoms with Gasteiger partial charge in [-0.25, -0.2) is 9.71 Å². The topological polar surface area (TPSA) is 131 Å². The molecule has 2 aliphatic rings. The molecule has 0 amide bonds. The summed E-state index contributed by atoms with van der Waals surface area (Å²) in [6.45, 7) is 4.63. The van der Waals surface area contributed by atoms with E-state index in [0.29, 0.717) is 36.6 Å². The zero-order chi connectivity index (χ0) is 22.4. The molecule has 3 rings (SSSR count). The van der Waals surface area contributed by atoms with Crippen molar-refractivity contribution in [2.24, 2.45) is 5.92 Å². The minimum atomic E-state index is -2.33. The molecule has 2 unspecified atom stereocenters. The summed E-state index contributed by atoms with van der Waals surface area (Å²) < 4.78 is 35.1. The monoisotopic (exact) mass is 445 g/mol. The van der Waals surface area contributed by atoms with Gasteiger partial charge in [0.25, 0.3) is 0 Å². The quantitative estimate of drug-likeness (QED) is 0.376. The molecule has 31 heavy (non-hydrogen) atoms. The van der Waals surface area contributed by atoms with Crippen molar-refractivity contribution in [2.45, 2.75) is 52.4 Å². The molecule has 168 valence electrons. The van der Waals surface area contributed by atoms with Gasteiger partial charge in [-0.3, -0.25) is 9.62 Å². The Labute approximate surface area is 185 Å². The van der Waals surface area contributed by atoms with Crippen LogP contribution in [0.15, 0.2) is 35.3 Å². The number of ether oxygens (including phenoxy) is 2. The first-order chi connectivity index (χ1) is 14.9. The van der Waals surface area contributed by atoms with E-state index in [4.69, 9.17) is 25.3 Å². The van der Waals surface area contributed by atoms with Gasteiger partial charge in [0, 0.05) is 36.3 Å². The van der Waals surface area contributed by atoms with Crippen molar-refractivity contribution >= 4 is 17.0 Å². The molecule has 0 saturated heterocycles. The van der Waals surface area contributed by atoms with Crippen LogP contribution in [0.25, 0.3) is 0 Å². The lowest BCUT2D eigenvalue weighted by Crippen LogP contribution is -2.19. The van der Waals surface area contributed by atoms with Gasteiger partial charge in [0.1, 0.15) is 11.5 Å². The molecule has 0 spiro atoms. The van der Waals surface area contributed by atoms with Gasteiger partial charge in [-0.15, -0.1) is 0 Å². The number of aromatic nitrogens is 1. The van der Waals surface area contributed by atoms with Crippen molar-refractivity contribution in [1.82, 2.24) is 9.71 Å². The Morgan fingerprint density at radius 1 is 1.35 bits per heavy atom. The van der Waals surface area contributed by atoms with Crippen LogP contribution in [0.1, 0.15) is 56.5 Å². The van der Waals surface area contributed by atoms with E-state index in [0.717, 1.165) is 42.0 Å². The summed E-state index contributed by atoms with van der Waals surface area (Å²) in [7, 11) is 0. The maximum atomic E-state index is 10.8. The molecular weight excluding hydrogens is 416 g/mol. The van der Waals surface area contributed by atoms with Crippen LogP contribution in [-0.2, 0) is 33.6 Å². The van der Waals surface area contributed by atoms with Crippen molar-refractivity contribution in [3.05, 3.63) is 57.6 Å². The Morgan fingerprint density at radius 3 is 2.87 bits per heavy atom. The van der Waals surface area contributed by atoms with Gasteiger partial charge in [0.15, 0.2) is 5.76 Å². The standard InChI is InChI=1S/C22H30N4O4S/c1-3-5-18(23)22-19(24)9-14(6-7-25-31(27)28)8-17(26-22)10-16-12-21-20(29-13-30-21)11-15(16)4-2/h8-9,12,15,23-25H,3-7,10-11,13H2,1-2H3,(H,27,28)/p-1. The fourth-order valence-electron chi connectivity index (χ4n) is 3.91. The highest BCUT2D eigenvalue weighted by Gasteiger charge is 2.28. The zero-order valence-electron chi connectivity index (χ0n) is 18.0. The van der Waals surface area contributed by atoms with E-state index in [9.17, 15) is 8.76 Å². The number of nitrogens with zero attached hydrogens (tertiary/aromatic N) is 1. The van der Waals surface area contributed by atoms with Gasteiger partial charge in [0.05, 0.1) is 11.1 Å². The number of allylic oxidation sites excluding steroid dienone is 3. The highest BCUT2D eigenvalue weighted by Crippen LogP contribution is 2.36. The van der Waals surface area contributed by atoms with Crippen LogP contribution in [0, 0.1) is 16.7 Å². The second kappa shape index (κ2) is 10.8. The number of hydrogen-bond donors (Lipinski definition) is 3. The third-order valence-corrected chi connectivity index (χ3v) is 5.92. The Bertz CT molecular complexity index is 990. The second-order valence-electron chi connectivity index (χ2n) is 7.74. The van der Waals surface area contributed by atoms with E-state index < -0.39 is 11.3 Å². The first-order valence-corrected chi connectivity index (χ1v) is 11.7. The Morgan fingerprint density at radius 2 is 2.16 bits per heavy atom. The summed E-state index contributed by atoms with van der Waals surface area (Å²) in [4.78, 5) is 4.72. The summed E-state index contributed by atoms with van der Waals surface area (Å²) in [6, 6.07) is 3.60. The Hall–Kier alpha value is -2.36. The highest BCUT2D eigenvalue weighted by atomic mass is 32.2. The van der Waals surface area contributed by atoms with Crippen molar-refractivity contribution in [3.63, 3.8) is 0 Å². The van der Waals surface area contributed by atoms with Crippen LogP contribution in [0.2, 0.25) is 0 Å². The predicted molar refractivity (Wildman–Crippen MR) is 117 cm³/mol. The lowest BCUT2D eigenvalue weighted by atomic mass is 9.85. The number of rotatable bonds is 10. The van der Waals surface area contributed by atoms with Crippen molar-refractivity contribution in [2.75, 3.05) is 13.3 Å². The van der Waals surface area contributed by atoms with Gasteiger partial charge in [0.2, 0.25) is 6.79 Å². The highest BCUT2D eigenvalue weighted by molar-refractivity contribution is 7.77. The molecule has 1 aliphatic carbocycles. The van der Waals surface area contributed by atoms with Crippen LogP contribution >= 0.6 is 0 Å². The molecule has 1 aliphatic heterocycles. The molecule has 0 radical (unpaired) electrons. The molecular formula is C22H29N4O4S-. The summed E-state index contributed by atoms with van der Waals surface area (Å²) in [6.07, 6.45) is 6.16. The SMILES string of the molecule is CCCC(=N)c1nc(CC2=CC3=C(CC2CC)OCO3)cc(CCNS(=O)[O-])cc1=N. The average Bonchev–Trinajstić information content (AvgIpc) is 3.11. The Kier molecular flexibility index (Phi) is 8.11. The summed E-state index contributed by atoms with van der Waals surface area (Å²) in [5.74, 6) is 2.00. The largest absolute Gasteiger partial charge is 0.760 e. The van der Waals surface area contributed by atoms with Crippen molar-refractivity contribution in [1.29, 1.82) is 10.8 Å². The summed E-state index contributed by atoms with van der Waals surface area (Å²) >= 11 is -2.33. The zero-order valence-corrected chi connectivity index (χ0v) is 18.8. The fraction of sp³-hybridized carbons (Fsp3) is 0.500. The summed E-state index contributed by atoms with van der Waals surface area (Å²) in [5.41, 5.74) is 3.49. The van der Waals surface area contributed by atoms with Gasteiger partial charge in [-0.2, -0.15) is 0 Å². The molecule has 9 heteroatoms.